The summed E-state index contributed by atoms with van der Waals surface area (Å²) in [5.41, 5.74) is 4.12. The summed E-state index contributed by atoms with van der Waals surface area (Å²) in [5.74, 6) is -1.74. The van der Waals surface area contributed by atoms with E-state index in [1.165, 1.54) is 0 Å². The molecule has 1 N–H and O–H groups in total. The smallest absolute Gasteiger partial charge is 0.317 e. The lowest BCUT2D eigenvalue weighted by atomic mass is 9.92. The fourth-order valence-electron chi connectivity index (χ4n) is 4.66. The molecule has 1 aliphatic carbocycles. The van der Waals surface area contributed by atoms with Crippen LogP contribution in [-0.4, -0.2) is 58.8 Å². The van der Waals surface area contributed by atoms with Crippen molar-refractivity contribution in [2.75, 3.05) is 24.5 Å². The van der Waals surface area contributed by atoms with Crippen LogP contribution in [0, 0.1) is 13.8 Å². The summed E-state index contributed by atoms with van der Waals surface area (Å²) >= 11 is 0. The van der Waals surface area contributed by atoms with Crippen LogP contribution in [0.15, 0.2) is 30.3 Å². The van der Waals surface area contributed by atoms with Crippen LogP contribution in [0.4, 0.5) is 19.4 Å². The van der Waals surface area contributed by atoms with E-state index in [0.717, 1.165) is 28.2 Å². The minimum atomic E-state index is -2.59. The number of hydrogen-bond donors (Lipinski definition) is 1. The third kappa shape index (κ3) is 5.54. The molecule has 1 aromatic heterocycles. The van der Waals surface area contributed by atoms with Crippen molar-refractivity contribution in [1.82, 2.24) is 20.4 Å². The summed E-state index contributed by atoms with van der Waals surface area (Å²) in [6, 6.07) is 9.67. The average molecular weight is 480 g/mol. The van der Waals surface area contributed by atoms with Gasteiger partial charge in [-0.25, -0.2) is 13.6 Å². The molecule has 0 bridgehead atoms. The van der Waals surface area contributed by atoms with Crippen molar-refractivity contribution in [1.29, 1.82) is 0 Å². The van der Waals surface area contributed by atoms with Crippen molar-refractivity contribution in [2.45, 2.75) is 64.5 Å². The fraction of sp³-hybridized carbons (Fsp3) is 0.542. The van der Waals surface area contributed by atoms with Crippen molar-refractivity contribution in [2.24, 2.45) is 0 Å². The number of rotatable bonds is 3. The van der Waals surface area contributed by atoms with Gasteiger partial charge in [-0.3, -0.25) is 0 Å². The second-order valence-corrected chi connectivity index (χ2v) is 9.06. The van der Waals surface area contributed by atoms with E-state index >= 15 is 0 Å². The molecule has 1 aromatic carbocycles. The third-order valence-electron chi connectivity index (χ3n) is 6.78. The number of amides is 2. The zero-order valence-electron chi connectivity index (χ0n) is 19.4. The van der Waals surface area contributed by atoms with Crippen LogP contribution in [0.1, 0.15) is 43.7 Å². The van der Waals surface area contributed by atoms with Gasteiger partial charge >= 0.3 is 6.03 Å². The highest BCUT2D eigenvalue weighted by Crippen LogP contribution is 2.33. The van der Waals surface area contributed by atoms with Crippen LogP contribution in [0.2, 0.25) is 0 Å². The van der Waals surface area contributed by atoms with Crippen LogP contribution in [-0.2, 0) is 0 Å². The molecule has 2 heterocycles. The first-order valence-electron chi connectivity index (χ1n) is 11.3. The Morgan fingerprint density at radius 3 is 2.36 bits per heavy atom. The van der Waals surface area contributed by atoms with Gasteiger partial charge in [0.05, 0.1) is 5.69 Å². The van der Waals surface area contributed by atoms with Crippen molar-refractivity contribution in [3.8, 4) is 11.3 Å². The number of piperazine rings is 1. The molecule has 1 saturated carbocycles. The Balaban J connectivity index is 0.00000306. The van der Waals surface area contributed by atoms with Gasteiger partial charge in [0.2, 0.25) is 5.92 Å². The second-order valence-electron chi connectivity index (χ2n) is 9.06. The van der Waals surface area contributed by atoms with Crippen LogP contribution < -0.4 is 10.2 Å². The zero-order valence-corrected chi connectivity index (χ0v) is 20.2. The molecule has 1 unspecified atom stereocenters. The molecule has 6 nitrogen and oxygen atoms in total. The number of urea groups is 1. The van der Waals surface area contributed by atoms with Crippen LogP contribution in [0.5, 0.6) is 0 Å². The molecular formula is C24H32ClF2N5O. The standard InChI is InChI=1S/C24H31F2N5O.ClH/c1-16-15-30(13-14-31(16)23(32)27-20-9-11-24(25,26)12-10-20)22-18(3)17(2)21(28-29-22)19-7-5-4-6-8-19;/h4-8,16,20H,9-15H2,1-3H3,(H,27,32);1H. The normalized spacial score (nSPS) is 20.8. The Morgan fingerprint density at radius 2 is 1.73 bits per heavy atom. The van der Waals surface area contributed by atoms with Crippen molar-refractivity contribution in [3.63, 3.8) is 0 Å². The number of carbonyl (C=O) groups excluding carboxylic acids is 1. The van der Waals surface area contributed by atoms with Gasteiger partial charge in [0, 0.05) is 50.1 Å². The van der Waals surface area contributed by atoms with E-state index in [1.807, 2.05) is 37.3 Å². The highest BCUT2D eigenvalue weighted by molar-refractivity contribution is 5.85. The van der Waals surface area contributed by atoms with Crippen LogP contribution >= 0.6 is 12.4 Å². The number of nitrogens with zero attached hydrogens (tertiary/aromatic N) is 4. The Morgan fingerprint density at radius 1 is 1.06 bits per heavy atom. The van der Waals surface area contributed by atoms with Gasteiger partial charge in [0.15, 0.2) is 5.82 Å². The number of nitrogens with one attached hydrogen (secondary N) is 1. The first kappa shape index (κ1) is 25.1. The van der Waals surface area contributed by atoms with Gasteiger partial charge in [-0.1, -0.05) is 30.3 Å². The van der Waals surface area contributed by atoms with Crippen molar-refractivity contribution in [3.05, 3.63) is 41.5 Å². The molecule has 2 amide bonds. The quantitative estimate of drug-likeness (QED) is 0.674. The molecule has 1 aliphatic heterocycles. The summed E-state index contributed by atoms with van der Waals surface area (Å²) < 4.78 is 26.8. The van der Waals surface area contributed by atoms with E-state index in [2.05, 4.69) is 34.3 Å². The molecule has 4 rings (SSSR count). The highest BCUT2D eigenvalue weighted by Gasteiger charge is 2.37. The average Bonchev–Trinajstić information content (AvgIpc) is 2.77. The van der Waals surface area contributed by atoms with Crippen molar-refractivity contribution >= 4 is 24.3 Å². The largest absolute Gasteiger partial charge is 0.351 e. The number of alkyl halides is 2. The first-order chi connectivity index (χ1) is 15.2. The van der Waals surface area contributed by atoms with Crippen LogP contribution in [0.3, 0.4) is 0 Å². The SMILES string of the molecule is Cc1c(-c2ccccc2)nnc(N2CCN(C(=O)NC3CCC(F)(F)CC3)C(C)C2)c1C.Cl. The summed E-state index contributed by atoms with van der Waals surface area (Å²) in [5, 5.41) is 12.0. The van der Waals surface area contributed by atoms with Crippen LogP contribution in [0.25, 0.3) is 11.3 Å². The summed E-state index contributed by atoms with van der Waals surface area (Å²) in [7, 11) is 0. The van der Waals surface area contributed by atoms with E-state index in [9.17, 15) is 13.6 Å². The number of aromatic nitrogens is 2. The lowest BCUT2D eigenvalue weighted by molar-refractivity contribution is -0.0399. The molecule has 2 aliphatic rings. The molecule has 0 spiro atoms. The minimum absolute atomic E-state index is 0. The lowest BCUT2D eigenvalue weighted by Gasteiger charge is -2.41. The van der Waals surface area contributed by atoms with Gasteiger partial charge < -0.3 is 15.1 Å². The molecular weight excluding hydrogens is 448 g/mol. The van der Waals surface area contributed by atoms with Gasteiger partial charge in [-0.15, -0.1) is 22.6 Å². The molecule has 33 heavy (non-hydrogen) atoms. The Hall–Kier alpha value is -2.48. The highest BCUT2D eigenvalue weighted by atomic mass is 35.5. The molecule has 180 valence electrons. The Bertz CT molecular complexity index is 965. The predicted octanol–water partition coefficient (Wildman–Crippen LogP) is 4.98. The summed E-state index contributed by atoms with van der Waals surface area (Å²) in [4.78, 5) is 16.8. The van der Waals surface area contributed by atoms with Crippen molar-refractivity contribution < 1.29 is 13.6 Å². The molecule has 0 radical (unpaired) electrons. The maximum absolute atomic E-state index is 13.4. The minimum Gasteiger partial charge on any atom is -0.351 e. The molecule has 1 saturated heterocycles. The molecule has 9 heteroatoms. The lowest BCUT2D eigenvalue weighted by Crippen LogP contribution is -2.58. The zero-order chi connectivity index (χ0) is 22.9. The number of anilines is 1. The van der Waals surface area contributed by atoms with Gasteiger partial charge in [-0.05, 0) is 44.7 Å². The third-order valence-corrected chi connectivity index (χ3v) is 6.78. The molecule has 2 fully saturated rings. The monoisotopic (exact) mass is 479 g/mol. The first-order valence-corrected chi connectivity index (χ1v) is 11.3. The molecule has 1 atom stereocenters. The number of benzene rings is 1. The van der Waals surface area contributed by atoms with E-state index in [0.29, 0.717) is 32.5 Å². The summed E-state index contributed by atoms with van der Waals surface area (Å²) in [6.45, 7) is 7.99. The van der Waals surface area contributed by atoms with Gasteiger partial charge in [0.1, 0.15) is 0 Å². The number of carbonyl (C=O) groups is 1. The topological polar surface area (TPSA) is 61.4 Å². The molecule has 2 aromatic rings. The van der Waals surface area contributed by atoms with Gasteiger partial charge in [-0.2, -0.15) is 0 Å². The van der Waals surface area contributed by atoms with E-state index < -0.39 is 5.92 Å². The number of halogens is 3. The fourth-order valence-corrected chi connectivity index (χ4v) is 4.66. The Labute approximate surface area is 200 Å². The second kappa shape index (κ2) is 10.2. The maximum atomic E-state index is 13.4. The van der Waals surface area contributed by atoms with E-state index in [4.69, 9.17) is 0 Å². The predicted molar refractivity (Wildman–Crippen MR) is 128 cm³/mol. The number of hydrogen-bond acceptors (Lipinski definition) is 4. The van der Waals surface area contributed by atoms with E-state index in [1.54, 1.807) is 4.90 Å². The van der Waals surface area contributed by atoms with Gasteiger partial charge in [0.25, 0.3) is 0 Å². The van der Waals surface area contributed by atoms with E-state index in [-0.39, 0.29) is 43.4 Å². The Kier molecular flexibility index (Phi) is 7.77. The maximum Gasteiger partial charge on any atom is 0.317 e. The summed E-state index contributed by atoms with van der Waals surface area (Å²) in [6.07, 6.45) is 0.346.